The molecule has 1 atom stereocenters. The molecule has 0 amide bonds. The van der Waals surface area contributed by atoms with Gasteiger partial charge in [0.2, 0.25) is 0 Å². The van der Waals surface area contributed by atoms with Crippen molar-refractivity contribution < 1.29 is 0 Å². The molecule has 1 aliphatic rings. The summed E-state index contributed by atoms with van der Waals surface area (Å²) in [5, 5.41) is 0.329. The minimum absolute atomic E-state index is 0.329. The Kier molecular flexibility index (Phi) is 3.70. The van der Waals surface area contributed by atoms with E-state index in [-0.39, 0.29) is 0 Å². The highest BCUT2D eigenvalue weighted by molar-refractivity contribution is 8.77. The maximum Gasteiger partial charge on any atom is 0.0803 e. The van der Waals surface area contributed by atoms with E-state index in [2.05, 4.69) is 11.8 Å². The molecule has 0 radical (unpaired) electrons. The van der Waals surface area contributed by atoms with Crippen molar-refractivity contribution in [3.8, 4) is 11.8 Å². The molecule has 2 rings (SSSR count). The Morgan fingerprint density at radius 3 is 2.56 bits per heavy atom. The minimum atomic E-state index is 0.329. The summed E-state index contributed by atoms with van der Waals surface area (Å²) in [5.74, 6) is 6.04. The van der Waals surface area contributed by atoms with Gasteiger partial charge in [-0.3, -0.25) is 0 Å². The lowest BCUT2D eigenvalue weighted by Gasteiger charge is -2.10. The molecule has 0 aromatic heterocycles. The standard InChI is InChI=1S/C12H12N2S2/c13-9-1-5-11(6-2-9)15-16-12-7-3-10(14)4-8-12/h1-3,5-6,12H,7,13-14H2. The molecule has 82 valence electrons. The van der Waals surface area contributed by atoms with Crippen LogP contribution in [0.1, 0.15) is 6.42 Å². The fourth-order valence-corrected chi connectivity index (χ4v) is 3.36. The van der Waals surface area contributed by atoms with Crippen LogP contribution in [-0.4, -0.2) is 5.25 Å². The van der Waals surface area contributed by atoms with Crippen LogP contribution in [-0.2, 0) is 0 Å². The zero-order chi connectivity index (χ0) is 11.4. The number of benzene rings is 1. The van der Waals surface area contributed by atoms with Gasteiger partial charge in [0.05, 0.1) is 10.9 Å². The van der Waals surface area contributed by atoms with E-state index in [4.69, 9.17) is 11.5 Å². The highest BCUT2D eigenvalue weighted by Crippen LogP contribution is 2.36. The van der Waals surface area contributed by atoms with Gasteiger partial charge in [-0.25, -0.2) is 0 Å². The molecular weight excluding hydrogens is 236 g/mol. The Balaban J connectivity index is 1.87. The molecule has 1 aliphatic carbocycles. The van der Waals surface area contributed by atoms with Crippen LogP contribution in [0.5, 0.6) is 0 Å². The zero-order valence-corrected chi connectivity index (χ0v) is 10.3. The zero-order valence-electron chi connectivity index (χ0n) is 8.64. The van der Waals surface area contributed by atoms with E-state index in [0.29, 0.717) is 10.9 Å². The molecule has 0 spiro atoms. The molecule has 0 saturated carbocycles. The fraction of sp³-hybridized carbons (Fsp3) is 0.167. The smallest absolute Gasteiger partial charge is 0.0803 e. The van der Waals surface area contributed by atoms with Crippen molar-refractivity contribution in [2.75, 3.05) is 5.73 Å². The van der Waals surface area contributed by atoms with Gasteiger partial charge in [-0.15, -0.1) is 0 Å². The van der Waals surface area contributed by atoms with Gasteiger partial charge < -0.3 is 11.5 Å². The van der Waals surface area contributed by atoms with E-state index in [9.17, 15) is 0 Å². The molecule has 2 nitrogen and oxygen atoms in total. The van der Waals surface area contributed by atoms with Crippen LogP contribution >= 0.6 is 21.6 Å². The van der Waals surface area contributed by atoms with E-state index in [1.54, 1.807) is 21.6 Å². The van der Waals surface area contributed by atoms with Gasteiger partial charge in [-0.2, -0.15) is 0 Å². The minimum Gasteiger partial charge on any atom is -0.399 e. The summed E-state index contributed by atoms with van der Waals surface area (Å²) in [7, 11) is 3.49. The van der Waals surface area contributed by atoms with Crippen molar-refractivity contribution in [1.29, 1.82) is 0 Å². The first-order valence-corrected chi connectivity index (χ1v) is 7.11. The number of anilines is 1. The van der Waals surface area contributed by atoms with Crippen LogP contribution in [0.3, 0.4) is 0 Å². The highest BCUT2D eigenvalue weighted by Gasteiger charge is 2.08. The average Bonchev–Trinajstić information content (AvgIpc) is 2.30. The van der Waals surface area contributed by atoms with Crippen molar-refractivity contribution in [3.05, 3.63) is 36.0 Å². The normalized spacial score (nSPS) is 18.5. The van der Waals surface area contributed by atoms with Gasteiger partial charge >= 0.3 is 0 Å². The number of nitrogens with two attached hydrogens (primary N) is 2. The Morgan fingerprint density at radius 1 is 1.19 bits per heavy atom. The maximum absolute atomic E-state index is 5.62. The maximum atomic E-state index is 5.62. The van der Waals surface area contributed by atoms with Crippen molar-refractivity contribution in [3.63, 3.8) is 0 Å². The molecule has 0 heterocycles. The highest BCUT2D eigenvalue weighted by atomic mass is 33.1. The molecule has 4 heteroatoms. The molecule has 1 unspecified atom stereocenters. The lowest BCUT2D eigenvalue weighted by Crippen LogP contribution is -2.04. The SMILES string of the molecule is NC1=CCC(SSc2ccc(N)cc2)C#C1. The summed E-state index contributed by atoms with van der Waals surface area (Å²) < 4.78 is 0. The van der Waals surface area contributed by atoms with Crippen LogP contribution in [0.2, 0.25) is 0 Å². The fourth-order valence-electron chi connectivity index (χ4n) is 1.21. The summed E-state index contributed by atoms with van der Waals surface area (Å²) in [4.78, 5) is 1.20. The van der Waals surface area contributed by atoms with Crippen LogP contribution < -0.4 is 11.5 Å². The van der Waals surface area contributed by atoms with E-state index in [0.717, 1.165) is 12.1 Å². The Morgan fingerprint density at radius 2 is 1.94 bits per heavy atom. The van der Waals surface area contributed by atoms with Crippen LogP contribution in [0.15, 0.2) is 40.9 Å². The second-order valence-corrected chi connectivity index (χ2v) is 5.88. The molecule has 1 aromatic carbocycles. The predicted octanol–water partition coefficient (Wildman–Crippen LogP) is 2.63. The Hall–Kier alpha value is -1.18. The third-order valence-corrected chi connectivity index (χ3v) is 4.74. The molecular formula is C12H12N2S2. The molecule has 0 bridgehead atoms. The first kappa shape index (κ1) is 11.3. The number of allylic oxidation sites excluding steroid dienone is 2. The van der Waals surface area contributed by atoms with Crippen molar-refractivity contribution in [2.24, 2.45) is 5.73 Å². The van der Waals surface area contributed by atoms with Gasteiger partial charge in [-0.1, -0.05) is 33.6 Å². The topological polar surface area (TPSA) is 52.0 Å². The Bertz CT molecular complexity index is 454. The van der Waals surface area contributed by atoms with Gasteiger partial charge in [0.15, 0.2) is 0 Å². The lowest BCUT2D eigenvalue weighted by molar-refractivity contribution is 1.08. The number of hydrogen-bond donors (Lipinski definition) is 2. The third-order valence-electron chi connectivity index (χ3n) is 2.07. The Labute approximate surface area is 103 Å². The first-order chi connectivity index (χ1) is 7.74. The van der Waals surface area contributed by atoms with Crippen molar-refractivity contribution in [1.82, 2.24) is 0 Å². The van der Waals surface area contributed by atoms with Crippen LogP contribution in [0.25, 0.3) is 0 Å². The molecule has 0 saturated heterocycles. The lowest BCUT2D eigenvalue weighted by atomic mass is 10.2. The molecule has 0 fully saturated rings. The van der Waals surface area contributed by atoms with Gasteiger partial charge in [0, 0.05) is 10.6 Å². The third kappa shape index (κ3) is 3.16. The van der Waals surface area contributed by atoms with Crippen molar-refractivity contribution >= 4 is 27.3 Å². The van der Waals surface area contributed by atoms with E-state index in [1.165, 1.54) is 4.90 Å². The number of rotatable bonds is 3. The van der Waals surface area contributed by atoms with Crippen molar-refractivity contribution in [2.45, 2.75) is 16.6 Å². The second kappa shape index (κ2) is 5.24. The molecule has 16 heavy (non-hydrogen) atoms. The molecule has 1 aromatic rings. The van der Waals surface area contributed by atoms with Gasteiger partial charge in [0.25, 0.3) is 0 Å². The summed E-state index contributed by atoms with van der Waals surface area (Å²) in [6, 6.07) is 7.86. The molecule has 4 N–H and O–H groups in total. The average molecular weight is 248 g/mol. The number of hydrogen-bond acceptors (Lipinski definition) is 4. The molecule has 0 aliphatic heterocycles. The quantitative estimate of drug-likeness (QED) is 0.490. The van der Waals surface area contributed by atoms with Crippen LogP contribution in [0, 0.1) is 11.8 Å². The number of nitrogen functional groups attached to an aromatic ring is 1. The van der Waals surface area contributed by atoms with Gasteiger partial charge in [0.1, 0.15) is 0 Å². The van der Waals surface area contributed by atoms with Crippen LogP contribution in [0.4, 0.5) is 5.69 Å². The van der Waals surface area contributed by atoms with E-state index < -0.39 is 0 Å². The summed E-state index contributed by atoms with van der Waals surface area (Å²) >= 11 is 0. The summed E-state index contributed by atoms with van der Waals surface area (Å²) in [6.45, 7) is 0. The monoisotopic (exact) mass is 248 g/mol. The summed E-state index contributed by atoms with van der Waals surface area (Å²) in [6.07, 6.45) is 2.91. The summed E-state index contributed by atoms with van der Waals surface area (Å²) in [5.41, 5.74) is 12.7. The first-order valence-electron chi connectivity index (χ1n) is 4.90. The largest absolute Gasteiger partial charge is 0.399 e. The van der Waals surface area contributed by atoms with E-state index in [1.807, 2.05) is 30.3 Å². The van der Waals surface area contributed by atoms with Gasteiger partial charge in [-0.05, 0) is 36.6 Å². The second-order valence-electron chi connectivity index (χ2n) is 3.40. The van der Waals surface area contributed by atoms with E-state index >= 15 is 0 Å². The predicted molar refractivity (Wildman–Crippen MR) is 72.8 cm³/mol.